The van der Waals surface area contributed by atoms with Crippen LogP contribution >= 0.6 is 0 Å². The number of amides is 1. The molecule has 30 heavy (non-hydrogen) atoms. The van der Waals surface area contributed by atoms with Crippen LogP contribution in [0.15, 0.2) is 40.4 Å². The molecule has 0 aliphatic carbocycles. The zero-order valence-electron chi connectivity index (χ0n) is 17.0. The summed E-state index contributed by atoms with van der Waals surface area (Å²) in [6, 6.07) is 5.78. The number of ether oxygens (including phenoxy) is 1. The Morgan fingerprint density at radius 3 is 2.63 bits per heavy atom. The molecule has 8 heteroatoms. The van der Waals surface area contributed by atoms with Crippen molar-refractivity contribution >= 4 is 11.6 Å². The Labute approximate surface area is 174 Å². The van der Waals surface area contributed by atoms with Crippen LogP contribution < -0.4 is 0 Å². The van der Waals surface area contributed by atoms with Crippen LogP contribution in [0, 0.1) is 0 Å². The smallest absolute Gasteiger partial charge is 0.383 e. The molecule has 1 fully saturated rings. The van der Waals surface area contributed by atoms with Gasteiger partial charge in [0.1, 0.15) is 5.71 Å². The fraction of sp³-hybridized carbons (Fsp3) is 0.545. The number of benzene rings is 1. The highest BCUT2D eigenvalue weighted by atomic mass is 19.4. The van der Waals surface area contributed by atoms with E-state index in [-0.39, 0.29) is 11.8 Å². The van der Waals surface area contributed by atoms with Crippen molar-refractivity contribution in [2.24, 2.45) is 4.99 Å². The highest BCUT2D eigenvalue weighted by Gasteiger charge is 2.38. The van der Waals surface area contributed by atoms with E-state index in [1.165, 1.54) is 11.6 Å². The summed E-state index contributed by atoms with van der Waals surface area (Å²) in [7, 11) is 1.67. The molecule has 1 saturated heterocycles. The monoisotopic (exact) mass is 421 g/mol. The van der Waals surface area contributed by atoms with Gasteiger partial charge in [-0.05, 0) is 41.5 Å². The highest BCUT2D eigenvalue weighted by molar-refractivity contribution is 6.46. The minimum Gasteiger partial charge on any atom is -0.383 e. The normalized spacial score (nSPS) is 20.7. The van der Waals surface area contributed by atoms with Gasteiger partial charge >= 0.3 is 6.18 Å². The molecule has 162 valence electrons. The Kier molecular flexibility index (Phi) is 5.97. The maximum Gasteiger partial charge on any atom is 0.416 e. The van der Waals surface area contributed by atoms with Gasteiger partial charge in [-0.25, -0.2) is 0 Å². The molecule has 0 N–H and O–H groups in total. The number of nitrogens with zero attached hydrogens (tertiary/aromatic N) is 3. The molecule has 3 aliphatic heterocycles. The van der Waals surface area contributed by atoms with Gasteiger partial charge in [0, 0.05) is 39.8 Å². The number of carbonyl (C=O) groups is 1. The van der Waals surface area contributed by atoms with Gasteiger partial charge in [-0.1, -0.05) is 18.2 Å². The van der Waals surface area contributed by atoms with E-state index in [9.17, 15) is 18.0 Å². The van der Waals surface area contributed by atoms with Crippen LogP contribution in [0.1, 0.15) is 29.9 Å². The predicted molar refractivity (Wildman–Crippen MR) is 108 cm³/mol. The summed E-state index contributed by atoms with van der Waals surface area (Å²) in [5, 5.41) is 0. The quantitative estimate of drug-likeness (QED) is 0.734. The molecule has 0 spiro atoms. The van der Waals surface area contributed by atoms with E-state index in [0.29, 0.717) is 56.9 Å². The van der Waals surface area contributed by atoms with E-state index < -0.39 is 11.7 Å². The number of hydrogen-bond acceptors (Lipinski definition) is 4. The maximum atomic E-state index is 13.3. The molecule has 1 aromatic rings. The zero-order valence-corrected chi connectivity index (χ0v) is 17.0. The first-order valence-corrected chi connectivity index (χ1v) is 10.3. The van der Waals surface area contributed by atoms with Crippen molar-refractivity contribution in [1.29, 1.82) is 0 Å². The van der Waals surface area contributed by atoms with Crippen molar-refractivity contribution in [3.63, 3.8) is 0 Å². The molecule has 0 bridgehead atoms. The number of carbonyl (C=O) groups excluding carboxylic acids is 1. The Hall–Kier alpha value is -2.19. The Bertz CT molecular complexity index is 871. The Balaban J connectivity index is 1.38. The van der Waals surface area contributed by atoms with E-state index >= 15 is 0 Å². The lowest BCUT2D eigenvalue weighted by Gasteiger charge is -2.33. The third-order valence-electron chi connectivity index (χ3n) is 6.24. The fourth-order valence-corrected chi connectivity index (χ4v) is 4.64. The minimum absolute atomic E-state index is 0.0869. The topological polar surface area (TPSA) is 45.1 Å². The molecule has 5 nitrogen and oxygen atoms in total. The average molecular weight is 421 g/mol. The van der Waals surface area contributed by atoms with Crippen LogP contribution in [0.25, 0.3) is 0 Å². The van der Waals surface area contributed by atoms with Crippen molar-refractivity contribution in [3.8, 4) is 0 Å². The molecule has 3 aliphatic rings. The lowest BCUT2D eigenvalue weighted by Crippen LogP contribution is -2.42. The number of halogens is 3. The minimum atomic E-state index is -4.36. The molecule has 0 saturated carbocycles. The number of methoxy groups -OCH3 is 1. The summed E-state index contributed by atoms with van der Waals surface area (Å²) < 4.78 is 45.2. The summed E-state index contributed by atoms with van der Waals surface area (Å²) in [5.74, 6) is -0.278. The molecular formula is C22H26F3N3O2. The molecule has 0 unspecified atom stereocenters. The van der Waals surface area contributed by atoms with E-state index in [4.69, 9.17) is 4.74 Å². The van der Waals surface area contributed by atoms with Crippen molar-refractivity contribution < 1.29 is 22.7 Å². The van der Waals surface area contributed by atoms with Crippen molar-refractivity contribution in [1.82, 2.24) is 9.80 Å². The summed E-state index contributed by atoms with van der Waals surface area (Å²) in [4.78, 5) is 21.5. The van der Waals surface area contributed by atoms with Crippen LogP contribution in [0.2, 0.25) is 0 Å². The van der Waals surface area contributed by atoms with Gasteiger partial charge in [-0.15, -0.1) is 0 Å². The van der Waals surface area contributed by atoms with Crippen LogP contribution in [-0.2, 0) is 15.7 Å². The molecular weight excluding hydrogens is 395 g/mol. The fourth-order valence-electron chi connectivity index (χ4n) is 4.64. The first-order valence-electron chi connectivity index (χ1n) is 10.3. The lowest BCUT2D eigenvalue weighted by atomic mass is 9.86. The third-order valence-corrected chi connectivity index (χ3v) is 6.24. The number of piperidine rings is 1. The molecule has 3 heterocycles. The largest absolute Gasteiger partial charge is 0.416 e. The number of aliphatic imine (C=N–C) groups is 1. The number of rotatable bonds is 5. The highest BCUT2D eigenvalue weighted by Crippen LogP contribution is 2.38. The Morgan fingerprint density at radius 2 is 1.93 bits per heavy atom. The second-order valence-electron chi connectivity index (χ2n) is 8.10. The van der Waals surface area contributed by atoms with Crippen LogP contribution in [0.5, 0.6) is 0 Å². The van der Waals surface area contributed by atoms with E-state index in [0.717, 1.165) is 24.7 Å². The number of likely N-dealkylation sites (tertiary alicyclic amines) is 1. The predicted octanol–water partition coefficient (Wildman–Crippen LogP) is 3.12. The Morgan fingerprint density at radius 1 is 1.20 bits per heavy atom. The lowest BCUT2D eigenvalue weighted by molar-refractivity contribution is -0.138. The van der Waals surface area contributed by atoms with Crippen LogP contribution in [0.3, 0.4) is 0 Å². The first-order chi connectivity index (χ1) is 14.4. The number of alkyl halides is 3. The summed E-state index contributed by atoms with van der Waals surface area (Å²) in [6.45, 7) is 4.45. The van der Waals surface area contributed by atoms with Crippen molar-refractivity contribution in [2.45, 2.75) is 24.9 Å². The van der Waals surface area contributed by atoms with Crippen LogP contribution in [0.4, 0.5) is 13.2 Å². The van der Waals surface area contributed by atoms with Gasteiger partial charge < -0.3 is 9.64 Å². The average Bonchev–Trinajstić information content (AvgIpc) is 3.31. The second kappa shape index (κ2) is 8.51. The zero-order chi connectivity index (χ0) is 21.3. The van der Waals surface area contributed by atoms with E-state index in [2.05, 4.69) is 9.89 Å². The number of hydrogen-bond donors (Lipinski definition) is 0. The van der Waals surface area contributed by atoms with E-state index in [1.807, 2.05) is 0 Å². The second-order valence-corrected chi connectivity index (χ2v) is 8.10. The SMILES string of the molecule is COCCN1CC2=C(C1)C(C(=O)N1CCC(c3ccccc3C(F)(F)F)CC1)=NC2. The standard InChI is InChI=1S/C22H26F3N3O2/c1-30-11-10-27-13-16-12-26-20(18(16)14-27)21(29)28-8-6-15(7-9-28)17-4-2-3-5-19(17)22(23,24)25/h2-5,15H,6-14H2,1H3. The molecule has 4 rings (SSSR count). The van der Waals surface area contributed by atoms with Gasteiger partial charge in [0.05, 0.1) is 18.7 Å². The summed E-state index contributed by atoms with van der Waals surface area (Å²) >= 11 is 0. The molecule has 1 aromatic carbocycles. The molecule has 0 atom stereocenters. The van der Waals surface area contributed by atoms with Gasteiger partial charge in [0.25, 0.3) is 5.91 Å². The first kappa shape index (κ1) is 21.1. The van der Waals surface area contributed by atoms with Crippen molar-refractivity contribution in [3.05, 3.63) is 46.5 Å². The van der Waals surface area contributed by atoms with Gasteiger partial charge in [-0.2, -0.15) is 13.2 Å². The molecule has 1 amide bonds. The van der Waals surface area contributed by atoms with E-state index in [1.54, 1.807) is 24.1 Å². The van der Waals surface area contributed by atoms with Crippen molar-refractivity contribution in [2.75, 3.05) is 53.0 Å². The van der Waals surface area contributed by atoms with Crippen LogP contribution in [-0.4, -0.2) is 74.4 Å². The molecule has 0 aromatic heterocycles. The van der Waals surface area contributed by atoms with Gasteiger partial charge in [0.15, 0.2) is 0 Å². The van der Waals surface area contributed by atoms with Gasteiger partial charge in [0.2, 0.25) is 0 Å². The summed E-state index contributed by atoms with van der Waals surface area (Å²) in [5.41, 5.74) is 2.54. The van der Waals surface area contributed by atoms with Gasteiger partial charge in [-0.3, -0.25) is 14.7 Å². The third kappa shape index (κ3) is 4.16. The summed E-state index contributed by atoms with van der Waals surface area (Å²) in [6.07, 6.45) is -3.31. The maximum absolute atomic E-state index is 13.3. The molecule has 0 radical (unpaired) electrons.